The van der Waals surface area contributed by atoms with Crippen molar-refractivity contribution in [3.8, 4) is 22.5 Å². The number of benzene rings is 2. The Morgan fingerprint density at radius 2 is 1.85 bits per heavy atom. The first-order valence-corrected chi connectivity index (χ1v) is 8.73. The van der Waals surface area contributed by atoms with Crippen molar-refractivity contribution < 1.29 is 4.79 Å². The zero-order valence-electron chi connectivity index (χ0n) is 14.9. The lowest BCUT2D eigenvalue weighted by atomic mass is 9.95. The van der Waals surface area contributed by atoms with Crippen molar-refractivity contribution in [2.45, 2.75) is 13.0 Å². The quantitative estimate of drug-likeness (QED) is 0.791. The zero-order chi connectivity index (χ0) is 18.1. The SMILES string of the molecule is CNCCC(=O)N1Cc2ccccc2-c2nnn(C)c2-c2ccccc21. The standard InChI is InChI=1S/C20H21N5O/c1-21-12-11-18(26)25-13-14-7-3-4-8-15(14)19-20(24(2)23-22-19)16-9-5-6-10-17(16)25/h3-10,21H,11-13H2,1-2H3. The van der Waals surface area contributed by atoms with Crippen LogP contribution in [0.2, 0.25) is 0 Å². The summed E-state index contributed by atoms with van der Waals surface area (Å²) in [6.45, 7) is 1.17. The van der Waals surface area contributed by atoms with Gasteiger partial charge in [-0.05, 0) is 18.7 Å². The summed E-state index contributed by atoms with van der Waals surface area (Å²) in [6.07, 6.45) is 0.448. The van der Waals surface area contributed by atoms with E-state index in [0.717, 1.165) is 33.8 Å². The Hall–Kier alpha value is -2.99. The van der Waals surface area contributed by atoms with Gasteiger partial charge in [0, 0.05) is 31.1 Å². The maximum absolute atomic E-state index is 13.0. The van der Waals surface area contributed by atoms with E-state index >= 15 is 0 Å². The molecular formula is C20H21N5O. The number of anilines is 1. The van der Waals surface area contributed by atoms with Gasteiger partial charge in [-0.25, -0.2) is 4.68 Å². The van der Waals surface area contributed by atoms with E-state index in [1.165, 1.54) is 0 Å². The van der Waals surface area contributed by atoms with Gasteiger partial charge in [-0.3, -0.25) is 4.79 Å². The molecule has 26 heavy (non-hydrogen) atoms. The molecule has 3 aromatic rings. The fourth-order valence-corrected chi connectivity index (χ4v) is 3.48. The van der Waals surface area contributed by atoms with Crippen LogP contribution in [-0.4, -0.2) is 34.5 Å². The summed E-state index contributed by atoms with van der Waals surface area (Å²) in [4.78, 5) is 14.9. The molecule has 1 aliphatic heterocycles. The number of nitrogens with zero attached hydrogens (tertiary/aromatic N) is 4. The van der Waals surface area contributed by atoms with E-state index in [9.17, 15) is 4.79 Å². The molecule has 0 bridgehead atoms. The minimum absolute atomic E-state index is 0.0974. The van der Waals surface area contributed by atoms with Crippen molar-refractivity contribution in [2.24, 2.45) is 7.05 Å². The highest BCUT2D eigenvalue weighted by Crippen LogP contribution is 2.40. The van der Waals surface area contributed by atoms with E-state index in [0.29, 0.717) is 19.5 Å². The minimum Gasteiger partial charge on any atom is -0.319 e. The highest BCUT2D eigenvalue weighted by Gasteiger charge is 2.27. The molecule has 0 atom stereocenters. The molecule has 0 radical (unpaired) electrons. The maximum atomic E-state index is 13.0. The molecule has 6 nitrogen and oxygen atoms in total. The van der Waals surface area contributed by atoms with Crippen LogP contribution in [0, 0.1) is 0 Å². The predicted molar refractivity (Wildman–Crippen MR) is 102 cm³/mol. The summed E-state index contributed by atoms with van der Waals surface area (Å²) >= 11 is 0. The van der Waals surface area contributed by atoms with Crippen LogP contribution in [0.25, 0.3) is 22.5 Å². The van der Waals surface area contributed by atoms with Crippen LogP contribution < -0.4 is 10.2 Å². The third-order valence-corrected chi connectivity index (χ3v) is 4.77. The fourth-order valence-electron chi connectivity index (χ4n) is 3.48. The summed E-state index contributed by atoms with van der Waals surface area (Å²) in [5.74, 6) is 0.0974. The monoisotopic (exact) mass is 347 g/mol. The highest BCUT2D eigenvalue weighted by molar-refractivity contribution is 6.00. The first kappa shape index (κ1) is 16.5. The molecule has 132 valence electrons. The second-order valence-corrected chi connectivity index (χ2v) is 6.42. The highest BCUT2D eigenvalue weighted by atomic mass is 16.2. The third-order valence-electron chi connectivity index (χ3n) is 4.77. The van der Waals surface area contributed by atoms with Crippen LogP contribution in [0.15, 0.2) is 48.5 Å². The fraction of sp³-hybridized carbons (Fsp3) is 0.250. The van der Waals surface area contributed by atoms with Crippen molar-refractivity contribution in [2.75, 3.05) is 18.5 Å². The summed E-state index contributed by atoms with van der Waals surface area (Å²) in [6, 6.07) is 16.1. The Bertz CT molecular complexity index is 962. The van der Waals surface area contributed by atoms with Gasteiger partial charge < -0.3 is 10.2 Å². The number of para-hydroxylation sites is 1. The lowest BCUT2D eigenvalue weighted by molar-refractivity contribution is -0.118. The summed E-state index contributed by atoms with van der Waals surface area (Å²) in [5.41, 5.74) is 5.76. The van der Waals surface area contributed by atoms with E-state index < -0.39 is 0 Å². The first-order valence-electron chi connectivity index (χ1n) is 8.73. The molecule has 2 heterocycles. The Morgan fingerprint density at radius 1 is 1.12 bits per heavy atom. The summed E-state index contributed by atoms with van der Waals surface area (Å²) in [7, 11) is 3.75. The molecule has 0 saturated carbocycles. The minimum atomic E-state index is 0.0974. The third kappa shape index (κ3) is 2.68. The van der Waals surface area contributed by atoms with Gasteiger partial charge in [-0.15, -0.1) is 5.10 Å². The lowest BCUT2D eigenvalue weighted by Gasteiger charge is -2.28. The molecule has 2 aromatic carbocycles. The molecule has 1 aromatic heterocycles. The van der Waals surface area contributed by atoms with Crippen molar-refractivity contribution in [1.82, 2.24) is 20.3 Å². The number of carbonyl (C=O) groups excluding carboxylic acids is 1. The zero-order valence-corrected chi connectivity index (χ0v) is 14.9. The maximum Gasteiger partial charge on any atom is 0.228 e. The number of carbonyl (C=O) groups is 1. The Balaban J connectivity index is 1.96. The van der Waals surface area contributed by atoms with E-state index in [1.807, 2.05) is 61.5 Å². The van der Waals surface area contributed by atoms with Crippen molar-refractivity contribution in [1.29, 1.82) is 0 Å². The second kappa shape index (κ2) is 6.72. The number of hydrogen-bond acceptors (Lipinski definition) is 4. The summed E-state index contributed by atoms with van der Waals surface area (Å²) in [5, 5.41) is 11.7. The average molecular weight is 347 g/mol. The molecule has 4 rings (SSSR count). The number of amides is 1. The van der Waals surface area contributed by atoms with Gasteiger partial charge in [-0.2, -0.15) is 0 Å². The van der Waals surface area contributed by atoms with Gasteiger partial charge in [0.2, 0.25) is 5.91 Å². The van der Waals surface area contributed by atoms with Gasteiger partial charge in [0.25, 0.3) is 0 Å². The number of rotatable bonds is 3. The molecule has 1 aliphatic rings. The first-order chi connectivity index (χ1) is 12.7. The molecule has 6 heteroatoms. The number of aryl methyl sites for hydroxylation is 1. The Labute approximate surface area is 152 Å². The molecule has 0 fully saturated rings. The van der Waals surface area contributed by atoms with Gasteiger partial charge >= 0.3 is 0 Å². The van der Waals surface area contributed by atoms with Crippen molar-refractivity contribution >= 4 is 11.6 Å². The molecule has 0 aliphatic carbocycles. The largest absolute Gasteiger partial charge is 0.319 e. The molecule has 1 amide bonds. The van der Waals surface area contributed by atoms with E-state index in [-0.39, 0.29) is 5.91 Å². The average Bonchev–Trinajstić information content (AvgIpc) is 3.04. The van der Waals surface area contributed by atoms with Crippen molar-refractivity contribution in [3.05, 3.63) is 54.1 Å². The Kier molecular flexibility index (Phi) is 4.26. The lowest BCUT2D eigenvalue weighted by Crippen LogP contribution is -2.33. The van der Waals surface area contributed by atoms with Gasteiger partial charge in [-0.1, -0.05) is 47.7 Å². The van der Waals surface area contributed by atoms with Crippen LogP contribution in [0.1, 0.15) is 12.0 Å². The second-order valence-electron chi connectivity index (χ2n) is 6.42. The van der Waals surface area contributed by atoms with Crippen LogP contribution >= 0.6 is 0 Å². The van der Waals surface area contributed by atoms with Crippen molar-refractivity contribution in [3.63, 3.8) is 0 Å². The normalized spacial score (nSPS) is 12.6. The summed E-state index contributed by atoms with van der Waals surface area (Å²) < 4.78 is 1.78. The topological polar surface area (TPSA) is 63.1 Å². The Morgan fingerprint density at radius 3 is 2.65 bits per heavy atom. The molecule has 0 saturated heterocycles. The van der Waals surface area contributed by atoms with Crippen LogP contribution in [0.4, 0.5) is 5.69 Å². The van der Waals surface area contributed by atoms with Crippen LogP contribution in [-0.2, 0) is 18.4 Å². The van der Waals surface area contributed by atoms with Gasteiger partial charge in [0.05, 0.1) is 17.9 Å². The molecular weight excluding hydrogens is 326 g/mol. The molecule has 1 N–H and O–H groups in total. The van der Waals surface area contributed by atoms with Crippen LogP contribution in [0.3, 0.4) is 0 Å². The predicted octanol–water partition coefficient (Wildman–Crippen LogP) is 2.61. The smallest absolute Gasteiger partial charge is 0.228 e. The molecule has 0 spiro atoms. The number of nitrogens with one attached hydrogen (secondary N) is 1. The van der Waals surface area contributed by atoms with E-state index in [2.05, 4.69) is 21.7 Å². The number of hydrogen-bond donors (Lipinski definition) is 1. The number of aromatic nitrogens is 3. The van der Waals surface area contributed by atoms with E-state index in [4.69, 9.17) is 0 Å². The van der Waals surface area contributed by atoms with Gasteiger partial charge in [0.1, 0.15) is 5.69 Å². The van der Waals surface area contributed by atoms with Crippen LogP contribution in [0.5, 0.6) is 0 Å². The van der Waals surface area contributed by atoms with Gasteiger partial charge in [0.15, 0.2) is 0 Å². The van der Waals surface area contributed by atoms with E-state index in [1.54, 1.807) is 4.68 Å². The number of fused-ring (bicyclic) bond motifs is 5. The molecule has 0 unspecified atom stereocenters.